The monoisotopic (exact) mass is 318 g/mol. The van der Waals surface area contributed by atoms with Gasteiger partial charge in [-0.25, -0.2) is 0 Å². The van der Waals surface area contributed by atoms with Crippen LogP contribution in [0.2, 0.25) is 0 Å². The molecular weight excluding hydrogens is 308 g/mol. The minimum Gasteiger partial charge on any atom is -0.497 e. The van der Waals surface area contributed by atoms with Crippen molar-refractivity contribution in [2.75, 3.05) is 7.11 Å². The fourth-order valence-electron chi connectivity index (χ4n) is 1.71. The number of halogens is 1. The van der Waals surface area contributed by atoms with E-state index in [4.69, 9.17) is 10.00 Å². The molecule has 1 N–H and O–H groups in total. The quantitative estimate of drug-likeness (QED) is 0.881. The van der Waals surface area contributed by atoms with Gasteiger partial charge in [0.05, 0.1) is 19.6 Å². The second-order valence-electron chi connectivity index (χ2n) is 3.91. The summed E-state index contributed by atoms with van der Waals surface area (Å²) in [6.07, 6.45) is 0.245. The average Bonchev–Trinajstić information content (AvgIpc) is 2.79. The van der Waals surface area contributed by atoms with Gasteiger partial charge < -0.3 is 9.72 Å². The van der Waals surface area contributed by atoms with E-state index in [1.54, 1.807) is 37.4 Å². The van der Waals surface area contributed by atoms with Gasteiger partial charge in [-0.15, -0.1) is 0 Å². The first kappa shape index (κ1) is 13.4. The Morgan fingerprint density at radius 3 is 2.68 bits per heavy atom. The van der Waals surface area contributed by atoms with Gasteiger partial charge in [0.2, 0.25) is 5.78 Å². The molecule has 1 aromatic heterocycles. The molecule has 0 aliphatic rings. The molecule has 0 atom stereocenters. The van der Waals surface area contributed by atoms with E-state index < -0.39 is 0 Å². The molecule has 2 rings (SSSR count). The van der Waals surface area contributed by atoms with Gasteiger partial charge in [0.1, 0.15) is 11.4 Å². The molecule has 0 bridgehead atoms. The first-order valence-electron chi connectivity index (χ1n) is 5.58. The summed E-state index contributed by atoms with van der Waals surface area (Å²) in [5, 5.41) is 8.65. The van der Waals surface area contributed by atoms with Crippen LogP contribution in [0.4, 0.5) is 0 Å². The molecule has 1 heterocycles. The number of benzene rings is 1. The van der Waals surface area contributed by atoms with Gasteiger partial charge in [0.25, 0.3) is 0 Å². The molecule has 0 saturated carbocycles. The number of hydrogen-bond donors (Lipinski definition) is 1. The van der Waals surface area contributed by atoms with Crippen LogP contribution in [0.15, 0.2) is 34.8 Å². The van der Waals surface area contributed by atoms with Crippen LogP contribution < -0.4 is 4.74 Å². The number of nitrogens with one attached hydrogen (secondary N) is 1. The molecule has 0 aliphatic heterocycles. The number of hydrogen-bond acceptors (Lipinski definition) is 3. The summed E-state index contributed by atoms with van der Waals surface area (Å²) in [6, 6.07) is 10.7. The Hall–Kier alpha value is -2.06. The number of methoxy groups -OCH3 is 1. The summed E-state index contributed by atoms with van der Waals surface area (Å²) >= 11 is 3.33. The van der Waals surface area contributed by atoms with Crippen LogP contribution in [-0.2, 0) is 6.42 Å². The molecule has 0 amide bonds. The van der Waals surface area contributed by atoms with E-state index in [-0.39, 0.29) is 12.2 Å². The highest BCUT2D eigenvalue weighted by Gasteiger charge is 2.15. The van der Waals surface area contributed by atoms with E-state index in [9.17, 15) is 4.79 Å². The summed E-state index contributed by atoms with van der Waals surface area (Å²) in [5.74, 6) is 0.575. The van der Waals surface area contributed by atoms with Crippen LogP contribution >= 0.6 is 15.9 Å². The minimum absolute atomic E-state index is 0.126. The molecule has 19 heavy (non-hydrogen) atoms. The fourth-order valence-corrected chi connectivity index (χ4v) is 2.27. The number of ether oxygens (including phenoxy) is 1. The van der Waals surface area contributed by atoms with Crippen LogP contribution in [-0.4, -0.2) is 17.9 Å². The largest absolute Gasteiger partial charge is 0.497 e. The molecule has 4 nitrogen and oxygen atoms in total. The number of carbonyl (C=O) groups excluding carboxylic acids is 1. The van der Waals surface area contributed by atoms with Crippen molar-refractivity contribution >= 4 is 21.7 Å². The lowest BCUT2D eigenvalue weighted by molar-refractivity contribution is 0.103. The number of aromatic amines is 1. The normalized spacial score (nSPS) is 9.95. The SMILES string of the molecule is COc1ccc(C(=O)c2[nH]c(CC#N)cc2Br)cc1. The van der Waals surface area contributed by atoms with Gasteiger partial charge >= 0.3 is 0 Å². The van der Waals surface area contributed by atoms with Crippen molar-refractivity contribution in [1.29, 1.82) is 5.26 Å². The highest BCUT2D eigenvalue weighted by molar-refractivity contribution is 9.10. The van der Waals surface area contributed by atoms with Gasteiger partial charge in [-0.2, -0.15) is 5.26 Å². The fraction of sp³-hybridized carbons (Fsp3) is 0.143. The first-order valence-corrected chi connectivity index (χ1v) is 6.38. The number of nitriles is 1. The number of aromatic nitrogens is 1. The third-order valence-electron chi connectivity index (χ3n) is 2.67. The van der Waals surface area contributed by atoms with E-state index in [0.29, 0.717) is 27.2 Å². The second kappa shape index (κ2) is 5.72. The maximum Gasteiger partial charge on any atom is 0.210 e. The molecule has 2 aromatic rings. The predicted octanol–water partition coefficient (Wildman–Crippen LogP) is 3.08. The molecular formula is C14H11BrN2O2. The van der Waals surface area contributed by atoms with Crippen LogP contribution in [0.1, 0.15) is 21.7 Å². The molecule has 1 aromatic carbocycles. The van der Waals surface area contributed by atoms with Crippen molar-refractivity contribution in [3.05, 3.63) is 51.8 Å². The highest BCUT2D eigenvalue weighted by atomic mass is 79.9. The van der Waals surface area contributed by atoms with Crippen molar-refractivity contribution in [2.24, 2.45) is 0 Å². The summed E-state index contributed by atoms with van der Waals surface area (Å²) < 4.78 is 5.72. The van der Waals surface area contributed by atoms with Gasteiger partial charge in [0, 0.05) is 15.7 Å². The molecule has 0 spiro atoms. The lowest BCUT2D eigenvalue weighted by Gasteiger charge is -2.02. The van der Waals surface area contributed by atoms with E-state index in [1.807, 2.05) is 6.07 Å². The minimum atomic E-state index is -0.126. The van der Waals surface area contributed by atoms with E-state index >= 15 is 0 Å². The second-order valence-corrected chi connectivity index (χ2v) is 4.76. The summed E-state index contributed by atoms with van der Waals surface area (Å²) in [7, 11) is 1.58. The number of carbonyl (C=O) groups is 1. The Balaban J connectivity index is 2.30. The lowest BCUT2D eigenvalue weighted by Crippen LogP contribution is -2.03. The molecule has 0 unspecified atom stereocenters. The standard InChI is InChI=1S/C14H11BrN2O2/c1-19-11-4-2-9(3-5-11)14(18)13-12(15)8-10(17-13)6-7-16/h2-5,8,17H,6H2,1H3. The molecule has 0 fully saturated rings. The van der Waals surface area contributed by atoms with Crippen molar-refractivity contribution < 1.29 is 9.53 Å². The van der Waals surface area contributed by atoms with E-state index in [2.05, 4.69) is 20.9 Å². The van der Waals surface area contributed by atoms with Gasteiger partial charge in [-0.3, -0.25) is 4.79 Å². The smallest absolute Gasteiger partial charge is 0.210 e. The Labute approximate surface area is 119 Å². The third kappa shape index (κ3) is 2.85. The zero-order valence-corrected chi connectivity index (χ0v) is 11.8. The number of H-pyrrole nitrogens is 1. The Kier molecular flexibility index (Phi) is 4.03. The predicted molar refractivity (Wildman–Crippen MR) is 74.2 cm³/mol. The summed E-state index contributed by atoms with van der Waals surface area (Å²) in [4.78, 5) is 15.3. The highest BCUT2D eigenvalue weighted by Crippen LogP contribution is 2.22. The maximum atomic E-state index is 12.3. The van der Waals surface area contributed by atoms with Crippen LogP contribution in [0, 0.1) is 11.3 Å². The summed E-state index contributed by atoms with van der Waals surface area (Å²) in [5.41, 5.74) is 1.73. The molecule has 0 radical (unpaired) electrons. The number of nitrogens with zero attached hydrogens (tertiary/aromatic N) is 1. The van der Waals surface area contributed by atoms with Crippen LogP contribution in [0.3, 0.4) is 0 Å². The van der Waals surface area contributed by atoms with E-state index in [0.717, 1.165) is 0 Å². The maximum absolute atomic E-state index is 12.3. The Morgan fingerprint density at radius 1 is 1.42 bits per heavy atom. The summed E-state index contributed by atoms with van der Waals surface area (Å²) in [6.45, 7) is 0. The van der Waals surface area contributed by atoms with Crippen LogP contribution in [0.5, 0.6) is 5.75 Å². The van der Waals surface area contributed by atoms with Crippen molar-refractivity contribution in [1.82, 2.24) is 4.98 Å². The lowest BCUT2D eigenvalue weighted by atomic mass is 10.1. The Bertz CT molecular complexity index is 638. The van der Waals surface area contributed by atoms with E-state index in [1.165, 1.54) is 0 Å². The zero-order valence-electron chi connectivity index (χ0n) is 10.2. The van der Waals surface area contributed by atoms with Gasteiger partial charge in [0.15, 0.2) is 0 Å². The molecule has 0 aliphatic carbocycles. The molecule has 0 saturated heterocycles. The first-order chi connectivity index (χ1) is 9.15. The molecule has 5 heteroatoms. The third-order valence-corrected chi connectivity index (χ3v) is 3.30. The molecule has 96 valence electrons. The number of rotatable bonds is 4. The van der Waals surface area contributed by atoms with Crippen molar-refractivity contribution in [3.8, 4) is 11.8 Å². The van der Waals surface area contributed by atoms with Gasteiger partial charge in [-0.05, 0) is 46.3 Å². The number of ketones is 1. The average molecular weight is 319 g/mol. The van der Waals surface area contributed by atoms with Gasteiger partial charge in [-0.1, -0.05) is 0 Å². The van der Waals surface area contributed by atoms with Crippen molar-refractivity contribution in [2.45, 2.75) is 6.42 Å². The topological polar surface area (TPSA) is 65.9 Å². The Morgan fingerprint density at radius 2 is 2.11 bits per heavy atom. The van der Waals surface area contributed by atoms with Crippen molar-refractivity contribution in [3.63, 3.8) is 0 Å². The zero-order chi connectivity index (χ0) is 13.8. The van der Waals surface area contributed by atoms with Crippen LogP contribution in [0.25, 0.3) is 0 Å².